The highest BCUT2D eigenvalue weighted by Crippen LogP contribution is 2.32. The van der Waals surface area contributed by atoms with Crippen LogP contribution >= 0.6 is 22.9 Å². The summed E-state index contributed by atoms with van der Waals surface area (Å²) in [6, 6.07) is 14.5. The maximum Gasteiger partial charge on any atom is 0.338 e. The number of carbonyl (C=O) groups excluding carboxylic acids is 1. The highest BCUT2D eigenvalue weighted by molar-refractivity contribution is 7.07. The van der Waals surface area contributed by atoms with Crippen LogP contribution in [0.3, 0.4) is 0 Å². The van der Waals surface area contributed by atoms with E-state index >= 15 is 0 Å². The van der Waals surface area contributed by atoms with E-state index in [1.54, 1.807) is 75.4 Å². The van der Waals surface area contributed by atoms with E-state index in [1.807, 2.05) is 6.92 Å². The molecule has 0 spiro atoms. The van der Waals surface area contributed by atoms with Crippen LogP contribution in [-0.2, 0) is 9.53 Å². The Kier molecular flexibility index (Phi) is 7.35. The standard InChI is InChI=1S/C30H25ClN2O6S/c1-15(2)38-29(37)25-17(4)32-30-33(26(25)18-7-9-20(31)10-8-18)27(34)24(40-30)14-21-11-12-23(39-21)22-13-19(28(35)36)6-5-16(22)3/h5-15,26H,1-4H3,(H,35,36)/b24-14-/t26-/m0/s1. The van der Waals surface area contributed by atoms with Gasteiger partial charge in [-0.3, -0.25) is 9.36 Å². The number of benzene rings is 2. The molecule has 1 atom stereocenters. The van der Waals surface area contributed by atoms with Gasteiger partial charge in [0.1, 0.15) is 11.5 Å². The van der Waals surface area contributed by atoms with Crippen molar-refractivity contribution in [3.05, 3.63) is 113 Å². The number of thiazole rings is 1. The van der Waals surface area contributed by atoms with Crippen LogP contribution in [0.5, 0.6) is 0 Å². The number of halogens is 1. The maximum absolute atomic E-state index is 13.8. The third-order valence-corrected chi connectivity index (χ3v) is 7.66. The molecule has 3 heterocycles. The fourth-order valence-corrected chi connectivity index (χ4v) is 5.70. The molecule has 10 heteroatoms. The number of carboxylic acids is 1. The first kappa shape index (κ1) is 27.4. The Morgan fingerprint density at radius 2 is 1.85 bits per heavy atom. The molecular weight excluding hydrogens is 552 g/mol. The van der Waals surface area contributed by atoms with Crippen LogP contribution in [0.15, 0.2) is 80.1 Å². The van der Waals surface area contributed by atoms with Gasteiger partial charge in [0, 0.05) is 16.7 Å². The number of fused-ring (bicyclic) bond motifs is 1. The molecule has 8 nitrogen and oxygen atoms in total. The third kappa shape index (κ3) is 5.17. The summed E-state index contributed by atoms with van der Waals surface area (Å²) in [5.41, 5.74) is 2.74. The molecule has 0 saturated heterocycles. The van der Waals surface area contributed by atoms with E-state index in [9.17, 15) is 19.5 Å². The van der Waals surface area contributed by atoms with E-state index in [-0.39, 0.29) is 22.8 Å². The van der Waals surface area contributed by atoms with Crippen LogP contribution in [0.2, 0.25) is 5.02 Å². The van der Waals surface area contributed by atoms with Crippen molar-refractivity contribution in [2.75, 3.05) is 0 Å². The molecule has 1 N–H and O–H groups in total. The molecule has 0 aliphatic carbocycles. The molecule has 40 heavy (non-hydrogen) atoms. The molecule has 1 aliphatic rings. The van der Waals surface area contributed by atoms with Crippen LogP contribution in [0, 0.1) is 6.92 Å². The number of esters is 1. The number of aromatic carboxylic acids is 1. The summed E-state index contributed by atoms with van der Waals surface area (Å²) in [6.45, 7) is 7.11. The van der Waals surface area contributed by atoms with Crippen molar-refractivity contribution in [2.45, 2.75) is 39.8 Å². The largest absolute Gasteiger partial charge is 0.478 e. The molecule has 0 saturated carbocycles. The van der Waals surface area contributed by atoms with Crippen LogP contribution in [0.1, 0.15) is 54.1 Å². The number of ether oxygens (including phenoxy) is 1. The highest BCUT2D eigenvalue weighted by atomic mass is 35.5. The third-order valence-electron chi connectivity index (χ3n) is 6.42. The molecule has 5 rings (SSSR count). The fourth-order valence-electron chi connectivity index (χ4n) is 4.55. The second-order valence-electron chi connectivity index (χ2n) is 9.62. The van der Waals surface area contributed by atoms with Crippen molar-refractivity contribution in [1.29, 1.82) is 0 Å². The molecular formula is C30H25ClN2O6S. The van der Waals surface area contributed by atoms with Crippen LogP contribution < -0.4 is 14.9 Å². The van der Waals surface area contributed by atoms with Gasteiger partial charge in [0.15, 0.2) is 4.80 Å². The zero-order valence-corrected chi connectivity index (χ0v) is 23.7. The van der Waals surface area contributed by atoms with Crippen molar-refractivity contribution in [3.8, 4) is 11.3 Å². The van der Waals surface area contributed by atoms with E-state index in [0.29, 0.717) is 42.7 Å². The van der Waals surface area contributed by atoms with Gasteiger partial charge in [-0.25, -0.2) is 14.6 Å². The average molecular weight is 577 g/mol. The summed E-state index contributed by atoms with van der Waals surface area (Å²) < 4.78 is 13.4. The summed E-state index contributed by atoms with van der Waals surface area (Å²) in [5, 5.41) is 9.90. The lowest BCUT2D eigenvalue weighted by molar-refractivity contribution is -0.143. The Morgan fingerprint density at radius 1 is 1.12 bits per heavy atom. The Hall–Kier alpha value is -4.21. The average Bonchev–Trinajstić information content (AvgIpc) is 3.47. The van der Waals surface area contributed by atoms with Crippen LogP contribution in [0.4, 0.5) is 0 Å². The van der Waals surface area contributed by atoms with E-state index < -0.39 is 18.0 Å². The summed E-state index contributed by atoms with van der Waals surface area (Å²) in [5.74, 6) is -0.678. The second-order valence-corrected chi connectivity index (χ2v) is 11.1. The van der Waals surface area contributed by atoms with Gasteiger partial charge in [0.2, 0.25) is 0 Å². The van der Waals surface area contributed by atoms with Gasteiger partial charge >= 0.3 is 11.9 Å². The molecule has 4 aromatic rings. The molecule has 1 aliphatic heterocycles. The fraction of sp³-hybridized carbons (Fsp3) is 0.200. The van der Waals surface area contributed by atoms with Gasteiger partial charge in [-0.1, -0.05) is 41.1 Å². The summed E-state index contributed by atoms with van der Waals surface area (Å²) in [7, 11) is 0. The lowest BCUT2D eigenvalue weighted by Crippen LogP contribution is -2.40. The number of hydrogen-bond acceptors (Lipinski definition) is 7. The van der Waals surface area contributed by atoms with Gasteiger partial charge in [-0.05, 0) is 75.2 Å². The molecule has 0 radical (unpaired) electrons. The van der Waals surface area contributed by atoms with Gasteiger partial charge in [0.05, 0.1) is 33.5 Å². The van der Waals surface area contributed by atoms with Gasteiger partial charge in [0.25, 0.3) is 5.56 Å². The molecule has 0 unspecified atom stereocenters. The number of nitrogens with zero attached hydrogens (tertiary/aromatic N) is 2. The predicted octanol–water partition coefficient (Wildman–Crippen LogP) is 5.11. The first-order valence-corrected chi connectivity index (χ1v) is 13.7. The van der Waals surface area contributed by atoms with Gasteiger partial charge < -0.3 is 14.3 Å². The SMILES string of the molecule is CC1=C(C(=O)OC(C)C)[C@H](c2ccc(Cl)cc2)n2c(s/c(=C\c3ccc(-c4cc(C(=O)O)ccc4C)o3)c2=O)=N1. The number of allylic oxidation sites excluding steroid dienone is 1. The second kappa shape index (κ2) is 10.7. The Morgan fingerprint density at radius 3 is 2.52 bits per heavy atom. The number of aromatic nitrogens is 1. The number of aryl methyl sites for hydroxylation is 1. The number of rotatable bonds is 6. The summed E-state index contributed by atoms with van der Waals surface area (Å²) in [6.07, 6.45) is 1.27. The summed E-state index contributed by atoms with van der Waals surface area (Å²) in [4.78, 5) is 43.4. The predicted molar refractivity (Wildman–Crippen MR) is 152 cm³/mol. The first-order chi connectivity index (χ1) is 19.0. The molecule has 0 fully saturated rings. The first-order valence-electron chi connectivity index (χ1n) is 12.5. The minimum absolute atomic E-state index is 0.149. The number of carbonyl (C=O) groups is 2. The van der Waals surface area contributed by atoms with Crippen molar-refractivity contribution in [2.24, 2.45) is 4.99 Å². The van der Waals surface area contributed by atoms with Crippen LogP contribution in [0.25, 0.3) is 17.4 Å². The molecule has 2 aromatic heterocycles. The van der Waals surface area contributed by atoms with Gasteiger partial charge in [-0.2, -0.15) is 0 Å². The quantitative estimate of drug-likeness (QED) is 0.319. The maximum atomic E-state index is 13.8. The zero-order chi connectivity index (χ0) is 28.7. The lowest BCUT2D eigenvalue weighted by atomic mass is 9.96. The zero-order valence-electron chi connectivity index (χ0n) is 22.1. The molecule has 204 valence electrons. The topological polar surface area (TPSA) is 111 Å². The molecule has 0 amide bonds. The monoisotopic (exact) mass is 576 g/mol. The van der Waals surface area contributed by atoms with Crippen molar-refractivity contribution in [1.82, 2.24) is 4.57 Å². The van der Waals surface area contributed by atoms with E-state index in [2.05, 4.69) is 4.99 Å². The van der Waals surface area contributed by atoms with E-state index in [4.69, 9.17) is 20.8 Å². The van der Waals surface area contributed by atoms with Crippen molar-refractivity contribution < 1.29 is 23.8 Å². The van der Waals surface area contributed by atoms with Crippen molar-refractivity contribution >= 4 is 41.0 Å². The van der Waals surface area contributed by atoms with Gasteiger partial charge in [-0.15, -0.1) is 0 Å². The van der Waals surface area contributed by atoms with E-state index in [1.165, 1.54) is 22.0 Å². The number of hydrogen-bond donors (Lipinski definition) is 1. The summed E-state index contributed by atoms with van der Waals surface area (Å²) >= 11 is 7.30. The molecule has 2 aromatic carbocycles. The Labute approximate surface area is 238 Å². The van der Waals surface area contributed by atoms with Crippen molar-refractivity contribution in [3.63, 3.8) is 0 Å². The smallest absolute Gasteiger partial charge is 0.338 e. The Balaban J connectivity index is 1.62. The van der Waals surface area contributed by atoms with Crippen LogP contribution in [-0.4, -0.2) is 27.7 Å². The lowest BCUT2D eigenvalue weighted by Gasteiger charge is -2.25. The minimum atomic E-state index is -1.03. The normalized spacial score (nSPS) is 15.2. The van der Waals surface area contributed by atoms with E-state index in [0.717, 1.165) is 5.56 Å². The minimum Gasteiger partial charge on any atom is -0.478 e. The molecule has 0 bridgehead atoms. The Bertz CT molecular complexity index is 1860. The number of furan rings is 1. The highest BCUT2D eigenvalue weighted by Gasteiger charge is 2.33. The number of carboxylic acid groups (broad SMARTS) is 1.